The lowest BCUT2D eigenvalue weighted by atomic mass is 10.0. The first kappa shape index (κ1) is 79.1. The molecule has 478 valence electrons. The van der Waals surface area contributed by atoms with E-state index in [-0.39, 0.29) is 18.5 Å². The molecular formula is C75H143NO5. The summed E-state index contributed by atoms with van der Waals surface area (Å²) in [5, 5.41) is 23.3. The van der Waals surface area contributed by atoms with Crippen LogP contribution in [0.5, 0.6) is 0 Å². The van der Waals surface area contributed by atoms with E-state index in [1.54, 1.807) is 6.08 Å². The Labute approximate surface area is 506 Å². The van der Waals surface area contributed by atoms with E-state index < -0.39 is 12.1 Å². The van der Waals surface area contributed by atoms with Crippen LogP contribution in [0.1, 0.15) is 406 Å². The second-order valence-electron chi connectivity index (χ2n) is 25.3. The van der Waals surface area contributed by atoms with Crippen LogP contribution in [0.3, 0.4) is 0 Å². The summed E-state index contributed by atoms with van der Waals surface area (Å²) in [4.78, 5) is 24.6. The summed E-state index contributed by atoms with van der Waals surface area (Å²) in [6.07, 6.45) is 90.9. The first-order chi connectivity index (χ1) is 40.0. The minimum Gasteiger partial charge on any atom is -0.466 e. The highest BCUT2D eigenvalue weighted by Crippen LogP contribution is 2.19. The molecule has 0 aromatic heterocycles. The quantitative estimate of drug-likeness (QED) is 0.0320. The average Bonchev–Trinajstić information content (AvgIpc) is 3.47. The van der Waals surface area contributed by atoms with Crippen molar-refractivity contribution in [2.45, 2.75) is 418 Å². The zero-order valence-electron chi connectivity index (χ0n) is 54.8. The molecule has 3 N–H and O–H groups in total. The number of esters is 1. The van der Waals surface area contributed by atoms with Crippen molar-refractivity contribution in [3.05, 3.63) is 36.5 Å². The minimum atomic E-state index is -0.846. The molecule has 0 saturated heterocycles. The molecular weight excluding hydrogens is 995 g/mol. The molecule has 0 aromatic rings. The van der Waals surface area contributed by atoms with Gasteiger partial charge in [-0.2, -0.15) is 0 Å². The van der Waals surface area contributed by atoms with E-state index in [1.807, 2.05) is 6.08 Å². The Morgan fingerprint density at radius 2 is 0.617 bits per heavy atom. The Bertz CT molecular complexity index is 1310. The van der Waals surface area contributed by atoms with Crippen LogP contribution in [-0.4, -0.2) is 47.4 Å². The van der Waals surface area contributed by atoms with Crippen LogP contribution >= 0.6 is 0 Å². The van der Waals surface area contributed by atoms with Gasteiger partial charge in [0.2, 0.25) is 5.91 Å². The number of allylic oxidation sites excluding steroid dienone is 5. The van der Waals surface area contributed by atoms with Crippen molar-refractivity contribution < 1.29 is 24.5 Å². The minimum absolute atomic E-state index is 0.00219. The Morgan fingerprint density at radius 3 is 0.951 bits per heavy atom. The highest BCUT2D eigenvalue weighted by Gasteiger charge is 2.18. The van der Waals surface area contributed by atoms with Gasteiger partial charge in [-0.15, -0.1) is 0 Å². The fourth-order valence-electron chi connectivity index (χ4n) is 11.6. The van der Waals surface area contributed by atoms with Crippen LogP contribution in [0.25, 0.3) is 0 Å². The Hall–Kier alpha value is -1.92. The van der Waals surface area contributed by atoms with E-state index in [0.717, 1.165) is 51.4 Å². The monoisotopic (exact) mass is 1140 g/mol. The Morgan fingerprint density at radius 1 is 0.346 bits per heavy atom. The van der Waals surface area contributed by atoms with Gasteiger partial charge in [-0.3, -0.25) is 9.59 Å². The number of unbranched alkanes of at least 4 members (excludes halogenated alkanes) is 54. The second-order valence-corrected chi connectivity index (χ2v) is 25.3. The van der Waals surface area contributed by atoms with E-state index in [0.29, 0.717) is 19.4 Å². The fraction of sp³-hybridized carbons (Fsp3) is 0.893. The van der Waals surface area contributed by atoms with E-state index in [4.69, 9.17) is 4.74 Å². The summed E-state index contributed by atoms with van der Waals surface area (Å²) in [5.41, 5.74) is 0. The highest BCUT2D eigenvalue weighted by atomic mass is 16.5. The molecule has 0 rings (SSSR count). The second kappa shape index (κ2) is 70.6. The van der Waals surface area contributed by atoms with E-state index in [1.165, 1.54) is 327 Å². The smallest absolute Gasteiger partial charge is 0.305 e. The SMILES string of the molecule is CCCCCC/C=C\C/C=C\CCCCCCCC(=O)OCCCCCCCCCCCCCCCCCCCCCCCCCCC(=O)NC(CO)C(O)/C=C/CCCCCCCCCCCCCCCCCCCCCCCC. The standard InChI is InChI=1S/C75H143NO5/c1-3-5-7-9-11-13-15-17-19-21-22-23-24-27-30-33-36-39-43-47-51-55-59-63-67-73(78)72(71-77)76-74(79)68-64-60-56-52-48-44-40-37-34-31-28-25-26-29-32-35-38-42-46-50-54-58-62-66-70-81-75(80)69-65-61-57-53-49-45-41-20-18-16-14-12-10-8-6-4-2/h14,16,20,41,63,67,72-73,77-78H,3-13,15,17-19,21-40,42-62,64-66,68-71H2,1-2H3,(H,76,79)/b16-14-,41-20-,67-63+. The van der Waals surface area contributed by atoms with Crippen molar-refractivity contribution in [1.82, 2.24) is 5.32 Å². The molecule has 0 aliphatic carbocycles. The molecule has 0 saturated carbocycles. The van der Waals surface area contributed by atoms with Crippen molar-refractivity contribution in [1.29, 1.82) is 0 Å². The third-order valence-corrected chi connectivity index (χ3v) is 17.2. The van der Waals surface area contributed by atoms with Gasteiger partial charge in [-0.25, -0.2) is 0 Å². The lowest BCUT2D eigenvalue weighted by Crippen LogP contribution is -2.45. The number of carbonyl (C=O) groups is 2. The molecule has 0 spiro atoms. The number of nitrogens with one attached hydrogen (secondary N) is 1. The van der Waals surface area contributed by atoms with Gasteiger partial charge in [0.1, 0.15) is 0 Å². The zero-order chi connectivity index (χ0) is 58.5. The summed E-state index contributed by atoms with van der Waals surface area (Å²) in [5.74, 6) is -0.0604. The summed E-state index contributed by atoms with van der Waals surface area (Å²) in [6.45, 7) is 4.92. The maximum atomic E-state index is 12.5. The zero-order valence-corrected chi connectivity index (χ0v) is 54.8. The third kappa shape index (κ3) is 67.1. The summed E-state index contributed by atoms with van der Waals surface area (Å²) >= 11 is 0. The van der Waals surface area contributed by atoms with Crippen LogP contribution in [-0.2, 0) is 14.3 Å². The largest absolute Gasteiger partial charge is 0.466 e. The van der Waals surface area contributed by atoms with Gasteiger partial charge in [0.15, 0.2) is 0 Å². The Balaban J connectivity index is 3.40. The van der Waals surface area contributed by atoms with Crippen molar-refractivity contribution in [3.63, 3.8) is 0 Å². The molecule has 0 aromatic carbocycles. The van der Waals surface area contributed by atoms with E-state index in [2.05, 4.69) is 43.5 Å². The van der Waals surface area contributed by atoms with Gasteiger partial charge in [-0.05, 0) is 64.2 Å². The molecule has 0 heterocycles. The van der Waals surface area contributed by atoms with Gasteiger partial charge >= 0.3 is 5.97 Å². The highest BCUT2D eigenvalue weighted by molar-refractivity contribution is 5.76. The molecule has 6 heteroatoms. The van der Waals surface area contributed by atoms with Crippen molar-refractivity contribution in [3.8, 4) is 0 Å². The molecule has 0 aliphatic heterocycles. The third-order valence-electron chi connectivity index (χ3n) is 17.2. The molecule has 81 heavy (non-hydrogen) atoms. The lowest BCUT2D eigenvalue weighted by Gasteiger charge is -2.20. The van der Waals surface area contributed by atoms with Crippen LogP contribution < -0.4 is 5.32 Å². The predicted octanol–water partition coefficient (Wildman–Crippen LogP) is 23.9. The maximum absolute atomic E-state index is 12.5. The molecule has 6 nitrogen and oxygen atoms in total. The van der Waals surface area contributed by atoms with Crippen LogP contribution in [0.4, 0.5) is 0 Å². The van der Waals surface area contributed by atoms with Crippen molar-refractivity contribution in [2.75, 3.05) is 13.2 Å². The molecule has 2 atom stereocenters. The molecule has 0 fully saturated rings. The average molecular weight is 1140 g/mol. The maximum Gasteiger partial charge on any atom is 0.305 e. The van der Waals surface area contributed by atoms with Crippen LogP contribution in [0.2, 0.25) is 0 Å². The number of aliphatic hydroxyl groups is 2. The van der Waals surface area contributed by atoms with Crippen molar-refractivity contribution >= 4 is 11.9 Å². The van der Waals surface area contributed by atoms with Crippen molar-refractivity contribution in [2.24, 2.45) is 0 Å². The van der Waals surface area contributed by atoms with Gasteiger partial charge < -0.3 is 20.3 Å². The van der Waals surface area contributed by atoms with Gasteiger partial charge in [0.25, 0.3) is 0 Å². The number of rotatable bonds is 69. The van der Waals surface area contributed by atoms with Gasteiger partial charge in [-0.1, -0.05) is 365 Å². The van der Waals surface area contributed by atoms with E-state index >= 15 is 0 Å². The van der Waals surface area contributed by atoms with Crippen LogP contribution in [0.15, 0.2) is 36.5 Å². The Kier molecular flexibility index (Phi) is 68.9. The van der Waals surface area contributed by atoms with E-state index in [9.17, 15) is 19.8 Å². The topological polar surface area (TPSA) is 95.9 Å². The number of ether oxygens (including phenoxy) is 1. The summed E-state index contributed by atoms with van der Waals surface area (Å²) in [6, 6.07) is -0.629. The number of hydrogen-bond donors (Lipinski definition) is 3. The number of amides is 1. The molecule has 0 radical (unpaired) electrons. The number of aliphatic hydroxyl groups excluding tert-OH is 2. The van der Waals surface area contributed by atoms with Gasteiger partial charge in [0.05, 0.1) is 25.4 Å². The number of hydrogen-bond acceptors (Lipinski definition) is 5. The van der Waals surface area contributed by atoms with Gasteiger partial charge in [0, 0.05) is 12.8 Å². The summed E-state index contributed by atoms with van der Waals surface area (Å²) < 4.78 is 5.49. The fourth-order valence-corrected chi connectivity index (χ4v) is 11.6. The molecule has 2 unspecified atom stereocenters. The first-order valence-electron chi connectivity index (χ1n) is 36.8. The molecule has 0 bridgehead atoms. The number of carbonyl (C=O) groups excluding carboxylic acids is 2. The predicted molar refractivity (Wildman–Crippen MR) is 356 cm³/mol. The normalized spacial score (nSPS) is 12.7. The van der Waals surface area contributed by atoms with Crippen LogP contribution in [0, 0.1) is 0 Å². The molecule has 0 aliphatic rings. The lowest BCUT2D eigenvalue weighted by molar-refractivity contribution is -0.143. The summed E-state index contributed by atoms with van der Waals surface area (Å²) in [7, 11) is 0. The first-order valence-corrected chi connectivity index (χ1v) is 36.8. The molecule has 1 amide bonds.